The first kappa shape index (κ1) is 15.2. The number of aryl methyl sites for hydroxylation is 1. The van der Waals surface area contributed by atoms with Crippen LogP contribution in [0.4, 0.5) is 5.69 Å². The molecule has 0 bridgehead atoms. The molecule has 0 radical (unpaired) electrons. The first-order valence-electron chi connectivity index (χ1n) is 7.11. The van der Waals surface area contributed by atoms with Crippen LogP contribution >= 0.6 is 11.6 Å². The maximum Gasteiger partial charge on any atom is 0.224 e. The Hall–Kier alpha value is -2.66. The van der Waals surface area contributed by atoms with Gasteiger partial charge in [-0.1, -0.05) is 11.6 Å². The summed E-state index contributed by atoms with van der Waals surface area (Å²) in [6.07, 6.45) is 5.64. The predicted octanol–water partition coefficient (Wildman–Crippen LogP) is 3.96. The molecule has 116 valence electrons. The lowest BCUT2D eigenvalue weighted by atomic mass is 10.2. The van der Waals surface area contributed by atoms with Gasteiger partial charge in [0.05, 0.1) is 6.20 Å². The van der Waals surface area contributed by atoms with Crippen LogP contribution in [0.25, 0.3) is 11.3 Å². The number of benzene rings is 1. The largest absolute Gasteiger partial charge is 0.441 e. The highest BCUT2D eigenvalue weighted by molar-refractivity contribution is 6.30. The summed E-state index contributed by atoms with van der Waals surface area (Å²) in [6.45, 7) is 0. The maximum absolute atomic E-state index is 11.9. The van der Waals surface area contributed by atoms with Crippen LogP contribution in [-0.2, 0) is 11.2 Å². The Morgan fingerprint density at radius 2 is 1.87 bits per heavy atom. The number of carbonyl (C=O) groups is 1. The Morgan fingerprint density at radius 3 is 2.61 bits per heavy atom. The van der Waals surface area contributed by atoms with Gasteiger partial charge in [0.2, 0.25) is 5.91 Å². The zero-order chi connectivity index (χ0) is 16.1. The van der Waals surface area contributed by atoms with E-state index in [0.717, 1.165) is 11.3 Å². The topological polar surface area (TPSA) is 68.0 Å². The van der Waals surface area contributed by atoms with E-state index in [1.54, 1.807) is 42.9 Å². The summed E-state index contributed by atoms with van der Waals surface area (Å²) in [5.74, 6) is 1.09. The van der Waals surface area contributed by atoms with Gasteiger partial charge in [0, 0.05) is 41.5 Å². The van der Waals surface area contributed by atoms with E-state index in [2.05, 4.69) is 15.3 Å². The number of amides is 1. The third kappa shape index (κ3) is 4.17. The van der Waals surface area contributed by atoms with Gasteiger partial charge in [-0.25, -0.2) is 4.98 Å². The molecule has 0 aliphatic heterocycles. The van der Waals surface area contributed by atoms with E-state index in [1.807, 2.05) is 12.1 Å². The quantitative estimate of drug-likeness (QED) is 0.770. The number of hydrogen-bond acceptors (Lipinski definition) is 4. The Balaban J connectivity index is 1.57. The molecule has 0 fully saturated rings. The average molecular weight is 328 g/mol. The molecule has 5 nitrogen and oxygen atoms in total. The zero-order valence-electron chi connectivity index (χ0n) is 12.2. The van der Waals surface area contributed by atoms with Gasteiger partial charge in [-0.15, -0.1) is 0 Å². The molecule has 3 aromatic rings. The lowest BCUT2D eigenvalue weighted by Gasteiger charge is -2.03. The van der Waals surface area contributed by atoms with E-state index in [0.29, 0.717) is 29.5 Å². The average Bonchev–Trinajstić information content (AvgIpc) is 3.04. The first-order chi connectivity index (χ1) is 11.2. The summed E-state index contributed by atoms with van der Waals surface area (Å²) in [5, 5.41) is 3.46. The van der Waals surface area contributed by atoms with Gasteiger partial charge >= 0.3 is 0 Å². The van der Waals surface area contributed by atoms with Crippen molar-refractivity contribution in [2.75, 3.05) is 5.32 Å². The van der Waals surface area contributed by atoms with Gasteiger partial charge in [-0.3, -0.25) is 9.78 Å². The molecule has 6 heteroatoms. The summed E-state index contributed by atoms with van der Waals surface area (Å²) in [4.78, 5) is 20.0. The smallest absolute Gasteiger partial charge is 0.224 e. The van der Waals surface area contributed by atoms with E-state index in [4.69, 9.17) is 16.0 Å². The number of hydrogen-bond donors (Lipinski definition) is 1. The molecule has 3 rings (SSSR count). The Kier molecular flexibility index (Phi) is 4.68. The normalized spacial score (nSPS) is 10.5. The molecule has 2 aromatic heterocycles. The van der Waals surface area contributed by atoms with E-state index in [-0.39, 0.29) is 5.91 Å². The van der Waals surface area contributed by atoms with Crippen LogP contribution in [-0.4, -0.2) is 15.9 Å². The van der Waals surface area contributed by atoms with Crippen LogP contribution in [0.5, 0.6) is 0 Å². The number of anilines is 1. The van der Waals surface area contributed by atoms with Crippen LogP contribution in [0.15, 0.2) is 59.4 Å². The van der Waals surface area contributed by atoms with Crippen LogP contribution in [0, 0.1) is 0 Å². The number of aromatic nitrogens is 2. The lowest BCUT2D eigenvalue weighted by molar-refractivity contribution is -0.116. The number of pyridine rings is 1. The molecular weight excluding hydrogens is 314 g/mol. The van der Waals surface area contributed by atoms with E-state index >= 15 is 0 Å². The minimum absolute atomic E-state index is 0.0950. The summed E-state index contributed by atoms with van der Waals surface area (Å²) in [5.41, 5.74) is 1.62. The maximum atomic E-state index is 11.9. The molecule has 0 atom stereocenters. The Labute approximate surface area is 138 Å². The molecule has 1 N–H and O–H groups in total. The minimum atomic E-state index is -0.0950. The fourth-order valence-electron chi connectivity index (χ4n) is 2.05. The van der Waals surface area contributed by atoms with Gasteiger partial charge in [0.25, 0.3) is 0 Å². The second-order valence-corrected chi connectivity index (χ2v) is 5.35. The zero-order valence-corrected chi connectivity index (χ0v) is 13.0. The number of carbonyl (C=O) groups excluding carboxylic acids is 1. The molecule has 1 aromatic carbocycles. The van der Waals surface area contributed by atoms with Crippen molar-refractivity contribution in [2.24, 2.45) is 0 Å². The van der Waals surface area contributed by atoms with Crippen LogP contribution in [0.1, 0.15) is 12.3 Å². The highest BCUT2D eigenvalue weighted by Crippen LogP contribution is 2.22. The second kappa shape index (κ2) is 7.07. The molecule has 0 aliphatic carbocycles. The number of oxazole rings is 1. The minimum Gasteiger partial charge on any atom is -0.441 e. The molecule has 0 spiro atoms. The number of rotatable bonds is 5. The Morgan fingerprint density at radius 1 is 1.13 bits per heavy atom. The number of halogens is 1. The molecule has 23 heavy (non-hydrogen) atoms. The van der Waals surface area contributed by atoms with Crippen LogP contribution in [0.3, 0.4) is 0 Å². The van der Waals surface area contributed by atoms with Crippen molar-refractivity contribution in [1.29, 1.82) is 0 Å². The summed E-state index contributed by atoms with van der Waals surface area (Å²) >= 11 is 5.86. The van der Waals surface area contributed by atoms with Crippen molar-refractivity contribution in [3.8, 4) is 11.3 Å². The highest BCUT2D eigenvalue weighted by Gasteiger charge is 2.09. The van der Waals surface area contributed by atoms with Crippen LogP contribution < -0.4 is 5.32 Å². The third-order valence-electron chi connectivity index (χ3n) is 3.21. The van der Waals surface area contributed by atoms with Crippen molar-refractivity contribution in [3.05, 3.63) is 65.9 Å². The van der Waals surface area contributed by atoms with E-state index in [1.165, 1.54) is 0 Å². The molecule has 0 saturated carbocycles. The van der Waals surface area contributed by atoms with Gasteiger partial charge in [-0.2, -0.15) is 0 Å². The molecule has 0 saturated heterocycles. The number of nitrogens with zero attached hydrogens (tertiary/aromatic N) is 2. The van der Waals surface area contributed by atoms with Crippen molar-refractivity contribution in [2.45, 2.75) is 12.8 Å². The number of nitrogens with one attached hydrogen (secondary N) is 1. The molecular formula is C17H14ClN3O2. The van der Waals surface area contributed by atoms with Gasteiger partial charge < -0.3 is 9.73 Å². The summed E-state index contributed by atoms with van der Waals surface area (Å²) in [7, 11) is 0. The van der Waals surface area contributed by atoms with Crippen molar-refractivity contribution >= 4 is 23.2 Å². The van der Waals surface area contributed by atoms with E-state index in [9.17, 15) is 4.79 Å². The van der Waals surface area contributed by atoms with Crippen LogP contribution in [0.2, 0.25) is 5.02 Å². The van der Waals surface area contributed by atoms with Gasteiger partial charge in [-0.05, 0) is 36.4 Å². The third-order valence-corrected chi connectivity index (χ3v) is 3.46. The molecule has 0 unspecified atom stereocenters. The fraction of sp³-hybridized carbons (Fsp3) is 0.118. The second-order valence-electron chi connectivity index (χ2n) is 4.91. The molecule has 2 heterocycles. The monoisotopic (exact) mass is 327 g/mol. The van der Waals surface area contributed by atoms with Crippen molar-refractivity contribution in [3.63, 3.8) is 0 Å². The molecule has 1 amide bonds. The van der Waals surface area contributed by atoms with Gasteiger partial charge in [0.15, 0.2) is 11.7 Å². The predicted molar refractivity (Wildman–Crippen MR) is 88.1 cm³/mol. The van der Waals surface area contributed by atoms with Crippen molar-refractivity contribution < 1.29 is 9.21 Å². The summed E-state index contributed by atoms with van der Waals surface area (Å²) < 4.78 is 5.67. The molecule has 0 aliphatic rings. The SMILES string of the molecule is O=C(CCc1ncc(-c2ccc(Cl)cc2)o1)Nc1ccncc1. The first-order valence-corrected chi connectivity index (χ1v) is 7.49. The standard InChI is InChI=1S/C17H14ClN3O2/c18-13-3-1-12(2-4-13)15-11-20-17(23-15)6-5-16(22)21-14-7-9-19-10-8-14/h1-4,7-11H,5-6H2,(H,19,21,22). The van der Waals surface area contributed by atoms with E-state index < -0.39 is 0 Å². The highest BCUT2D eigenvalue weighted by atomic mass is 35.5. The fourth-order valence-corrected chi connectivity index (χ4v) is 2.18. The van der Waals surface area contributed by atoms with Crippen molar-refractivity contribution in [1.82, 2.24) is 9.97 Å². The lowest BCUT2D eigenvalue weighted by Crippen LogP contribution is -2.12. The summed E-state index contributed by atoms with van der Waals surface area (Å²) in [6, 6.07) is 10.8. The van der Waals surface area contributed by atoms with Gasteiger partial charge in [0.1, 0.15) is 0 Å². The Bertz CT molecular complexity index is 785.